The van der Waals surface area contributed by atoms with Crippen molar-refractivity contribution >= 4 is 11.9 Å². The van der Waals surface area contributed by atoms with Crippen molar-refractivity contribution in [2.24, 2.45) is 0 Å². The molecule has 1 heterocycles. The number of imidazole rings is 1. The number of carbonyl (C=O) groups is 1. The molecule has 15 heavy (non-hydrogen) atoms. The van der Waals surface area contributed by atoms with E-state index >= 15 is 0 Å². The first-order valence-electron chi connectivity index (χ1n) is 5.37. The summed E-state index contributed by atoms with van der Waals surface area (Å²) in [7, 11) is 0. The molecule has 1 aliphatic rings. The van der Waals surface area contributed by atoms with Gasteiger partial charge >= 0.3 is 0 Å². The molecule has 1 fully saturated rings. The third kappa shape index (κ3) is 3.06. The molecular formula is C10H16N4O. The Balaban J connectivity index is 1.68. The van der Waals surface area contributed by atoms with Crippen molar-refractivity contribution in [2.45, 2.75) is 31.7 Å². The van der Waals surface area contributed by atoms with Crippen LogP contribution in [0.4, 0.5) is 5.95 Å². The molecule has 0 saturated heterocycles. The van der Waals surface area contributed by atoms with Crippen LogP contribution in [0.15, 0.2) is 12.4 Å². The van der Waals surface area contributed by atoms with Gasteiger partial charge in [-0.25, -0.2) is 4.98 Å². The fourth-order valence-corrected chi connectivity index (χ4v) is 1.88. The molecule has 5 nitrogen and oxygen atoms in total. The maximum absolute atomic E-state index is 11.4. The number of nitrogens with zero attached hydrogens (tertiary/aromatic N) is 1. The van der Waals surface area contributed by atoms with Gasteiger partial charge in [0.2, 0.25) is 11.9 Å². The van der Waals surface area contributed by atoms with Gasteiger partial charge < -0.3 is 10.3 Å². The summed E-state index contributed by atoms with van der Waals surface area (Å²) in [5.74, 6) is 0.463. The van der Waals surface area contributed by atoms with Crippen molar-refractivity contribution in [1.82, 2.24) is 15.3 Å². The van der Waals surface area contributed by atoms with E-state index in [4.69, 9.17) is 0 Å². The predicted molar refractivity (Wildman–Crippen MR) is 57.5 cm³/mol. The second-order valence-corrected chi connectivity index (χ2v) is 3.85. The Morgan fingerprint density at radius 2 is 2.33 bits per heavy atom. The molecule has 0 aliphatic heterocycles. The van der Waals surface area contributed by atoms with Crippen LogP contribution in [0.3, 0.4) is 0 Å². The predicted octanol–water partition coefficient (Wildman–Crippen LogP) is 0.880. The van der Waals surface area contributed by atoms with E-state index in [0.29, 0.717) is 18.5 Å². The zero-order valence-electron chi connectivity index (χ0n) is 8.62. The Bertz CT molecular complexity index is 303. The lowest BCUT2D eigenvalue weighted by Gasteiger charge is -2.10. The average molecular weight is 208 g/mol. The van der Waals surface area contributed by atoms with Crippen molar-refractivity contribution in [3.8, 4) is 0 Å². The van der Waals surface area contributed by atoms with Gasteiger partial charge in [-0.05, 0) is 12.8 Å². The van der Waals surface area contributed by atoms with Gasteiger partial charge in [-0.2, -0.15) is 0 Å². The summed E-state index contributed by atoms with van der Waals surface area (Å²) in [5.41, 5.74) is 0. The van der Waals surface area contributed by atoms with E-state index in [-0.39, 0.29) is 5.91 Å². The van der Waals surface area contributed by atoms with E-state index in [1.165, 1.54) is 25.7 Å². The van der Waals surface area contributed by atoms with E-state index < -0.39 is 0 Å². The van der Waals surface area contributed by atoms with Crippen LogP contribution in [0.25, 0.3) is 0 Å². The Morgan fingerprint density at radius 3 is 3.00 bits per heavy atom. The fourth-order valence-electron chi connectivity index (χ4n) is 1.88. The number of hydrogen-bond acceptors (Lipinski definition) is 3. The standard InChI is InChI=1S/C10H16N4O/c15-9(14-10-11-5-6-12-10)7-13-8-3-1-2-4-8/h5-6,8,13H,1-4,7H2,(H2,11,12,14,15). The summed E-state index contributed by atoms with van der Waals surface area (Å²) >= 11 is 0. The van der Waals surface area contributed by atoms with Gasteiger partial charge in [0.15, 0.2) is 0 Å². The molecule has 1 aromatic rings. The number of nitrogens with one attached hydrogen (secondary N) is 3. The minimum atomic E-state index is -0.0446. The van der Waals surface area contributed by atoms with Crippen LogP contribution in [-0.2, 0) is 4.79 Å². The molecule has 1 saturated carbocycles. The molecule has 0 aromatic carbocycles. The van der Waals surface area contributed by atoms with Crippen molar-refractivity contribution in [2.75, 3.05) is 11.9 Å². The lowest BCUT2D eigenvalue weighted by Crippen LogP contribution is -2.34. The zero-order valence-corrected chi connectivity index (χ0v) is 8.62. The quantitative estimate of drug-likeness (QED) is 0.688. The Hall–Kier alpha value is -1.36. The van der Waals surface area contributed by atoms with Crippen LogP contribution in [0.2, 0.25) is 0 Å². The summed E-state index contributed by atoms with van der Waals surface area (Å²) in [6.07, 6.45) is 8.22. The number of aromatic amines is 1. The molecular weight excluding hydrogens is 192 g/mol. The summed E-state index contributed by atoms with van der Waals surface area (Å²) in [5, 5.41) is 5.92. The van der Waals surface area contributed by atoms with Crippen LogP contribution in [-0.4, -0.2) is 28.5 Å². The summed E-state index contributed by atoms with van der Waals surface area (Å²) in [4.78, 5) is 18.2. The highest BCUT2D eigenvalue weighted by molar-refractivity contribution is 5.90. The Morgan fingerprint density at radius 1 is 1.53 bits per heavy atom. The number of amides is 1. The minimum Gasteiger partial charge on any atom is -0.331 e. The largest absolute Gasteiger partial charge is 0.331 e. The lowest BCUT2D eigenvalue weighted by atomic mass is 10.2. The van der Waals surface area contributed by atoms with Crippen LogP contribution < -0.4 is 10.6 Å². The van der Waals surface area contributed by atoms with E-state index in [9.17, 15) is 4.79 Å². The maximum Gasteiger partial charge on any atom is 0.240 e. The number of H-pyrrole nitrogens is 1. The second kappa shape index (κ2) is 4.93. The smallest absolute Gasteiger partial charge is 0.240 e. The van der Waals surface area contributed by atoms with Crippen molar-refractivity contribution < 1.29 is 4.79 Å². The highest BCUT2D eigenvalue weighted by Crippen LogP contribution is 2.17. The van der Waals surface area contributed by atoms with Crippen LogP contribution in [0.5, 0.6) is 0 Å². The first-order chi connectivity index (χ1) is 7.34. The fraction of sp³-hybridized carbons (Fsp3) is 0.600. The number of anilines is 1. The second-order valence-electron chi connectivity index (χ2n) is 3.85. The normalized spacial score (nSPS) is 16.8. The Labute approximate surface area is 88.7 Å². The highest BCUT2D eigenvalue weighted by Gasteiger charge is 2.15. The number of rotatable bonds is 4. The molecule has 0 atom stereocenters. The molecule has 0 spiro atoms. The SMILES string of the molecule is O=C(CNC1CCCC1)Nc1ncc[nH]1. The van der Waals surface area contributed by atoms with Gasteiger partial charge in [0.05, 0.1) is 6.54 Å². The Kier molecular flexibility index (Phi) is 3.34. The van der Waals surface area contributed by atoms with Gasteiger partial charge in [0.1, 0.15) is 0 Å². The first-order valence-corrected chi connectivity index (χ1v) is 5.37. The number of hydrogen-bond donors (Lipinski definition) is 3. The molecule has 0 radical (unpaired) electrons. The van der Waals surface area contributed by atoms with Crippen molar-refractivity contribution in [1.29, 1.82) is 0 Å². The lowest BCUT2D eigenvalue weighted by molar-refractivity contribution is -0.115. The molecule has 1 amide bonds. The molecule has 5 heteroatoms. The molecule has 0 unspecified atom stereocenters. The van der Waals surface area contributed by atoms with Gasteiger partial charge in [0.25, 0.3) is 0 Å². The monoisotopic (exact) mass is 208 g/mol. The molecule has 1 aromatic heterocycles. The average Bonchev–Trinajstić information content (AvgIpc) is 2.86. The zero-order chi connectivity index (χ0) is 10.5. The van der Waals surface area contributed by atoms with Gasteiger partial charge in [0, 0.05) is 18.4 Å². The summed E-state index contributed by atoms with van der Waals surface area (Å²) in [6, 6.07) is 0.521. The van der Waals surface area contributed by atoms with Crippen molar-refractivity contribution in [3.63, 3.8) is 0 Å². The van der Waals surface area contributed by atoms with E-state index in [2.05, 4.69) is 20.6 Å². The third-order valence-electron chi connectivity index (χ3n) is 2.66. The topological polar surface area (TPSA) is 69.8 Å². The van der Waals surface area contributed by atoms with E-state index in [1.807, 2.05) is 0 Å². The van der Waals surface area contributed by atoms with Gasteiger partial charge in [-0.15, -0.1) is 0 Å². The highest BCUT2D eigenvalue weighted by atomic mass is 16.2. The minimum absolute atomic E-state index is 0.0446. The molecule has 82 valence electrons. The third-order valence-corrected chi connectivity index (χ3v) is 2.66. The van der Waals surface area contributed by atoms with Crippen LogP contribution in [0.1, 0.15) is 25.7 Å². The number of aromatic nitrogens is 2. The van der Waals surface area contributed by atoms with Gasteiger partial charge in [-0.1, -0.05) is 12.8 Å². The molecule has 2 rings (SSSR count). The van der Waals surface area contributed by atoms with Crippen LogP contribution >= 0.6 is 0 Å². The van der Waals surface area contributed by atoms with E-state index in [1.54, 1.807) is 12.4 Å². The maximum atomic E-state index is 11.4. The van der Waals surface area contributed by atoms with Crippen LogP contribution in [0, 0.1) is 0 Å². The summed E-state index contributed by atoms with van der Waals surface area (Å²) < 4.78 is 0. The first kappa shape index (κ1) is 10.2. The number of carbonyl (C=O) groups excluding carboxylic acids is 1. The van der Waals surface area contributed by atoms with E-state index in [0.717, 1.165) is 0 Å². The molecule has 3 N–H and O–H groups in total. The van der Waals surface area contributed by atoms with Crippen molar-refractivity contribution in [3.05, 3.63) is 12.4 Å². The summed E-state index contributed by atoms with van der Waals surface area (Å²) in [6.45, 7) is 0.366. The molecule has 0 bridgehead atoms. The molecule has 1 aliphatic carbocycles. The van der Waals surface area contributed by atoms with Gasteiger partial charge in [-0.3, -0.25) is 10.1 Å².